The number of aromatic nitrogens is 2. The highest BCUT2D eigenvalue weighted by atomic mass is 19.4. The number of nitrogens with zero attached hydrogens (tertiary/aromatic N) is 3. The second-order valence-corrected chi connectivity index (χ2v) is 5.91. The Labute approximate surface area is 139 Å². The molecule has 1 aliphatic heterocycles. The molecule has 2 rings (SSSR count). The van der Waals surface area contributed by atoms with Crippen LogP contribution in [0, 0.1) is 13.8 Å². The molecule has 0 aromatic carbocycles. The number of amides is 1. The lowest BCUT2D eigenvalue weighted by Gasteiger charge is -2.35. The van der Waals surface area contributed by atoms with Crippen LogP contribution in [0.5, 0.6) is 0 Å². The monoisotopic (exact) mass is 347 g/mol. The van der Waals surface area contributed by atoms with Crippen molar-refractivity contribution < 1.29 is 18.0 Å². The summed E-state index contributed by atoms with van der Waals surface area (Å²) in [6, 6.07) is -1.68. The van der Waals surface area contributed by atoms with Gasteiger partial charge in [0.1, 0.15) is 6.04 Å². The molecule has 6 nitrogen and oxygen atoms in total. The number of aryl methyl sites for hydroxylation is 2. The van der Waals surface area contributed by atoms with Crippen molar-refractivity contribution in [1.29, 1.82) is 0 Å². The molecule has 0 bridgehead atoms. The third-order valence-corrected chi connectivity index (χ3v) is 4.33. The fourth-order valence-corrected chi connectivity index (χ4v) is 3.06. The van der Waals surface area contributed by atoms with Crippen molar-refractivity contribution in [3.63, 3.8) is 0 Å². The van der Waals surface area contributed by atoms with Crippen molar-refractivity contribution >= 4 is 5.91 Å². The van der Waals surface area contributed by atoms with Gasteiger partial charge in [-0.25, -0.2) is 0 Å². The van der Waals surface area contributed by atoms with Gasteiger partial charge in [-0.05, 0) is 20.8 Å². The molecule has 1 unspecified atom stereocenters. The molecule has 1 fully saturated rings. The maximum absolute atomic E-state index is 13.3. The van der Waals surface area contributed by atoms with Crippen LogP contribution in [-0.4, -0.2) is 65.5 Å². The van der Waals surface area contributed by atoms with Crippen molar-refractivity contribution in [2.45, 2.75) is 39.5 Å². The zero-order chi connectivity index (χ0) is 17.9. The summed E-state index contributed by atoms with van der Waals surface area (Å²) in [6.45, 7) is 7.12. The number of carbonyl (C=O) groups is 1. The Balaban J connectivity index is 2.08. The van der Waals surface area contributed by atoms with Crippen molar-refractivity contribution in [2.75, 3.05) is 32.7 Å². The van der Waals surface area contributed by atoms with E-state index in [0.29, 0.717) is 49.7 Å². The van der Waals surface area contributed by atoms with Crippen LogP contribution in [0.3, 0.4) is 0 Å². The quantitative estimate of drug-likeness (QED) is 0.837. The van der Waals surface area contributed by atoms with Gasteiger partial charge in [-0.2, -0.15) is 18.3 Å². The molecule has 0 aliphatic carbocycles. The minimum atomic E-state index is -4.39. The van der Waals surface area contributed by atoms with E-state index in [0.717, 1.165) is 0 Å². The maximum atomic E-state index is 13.3. The number of halogens is 3. The number of piperazine rings is 1. The number of hydrogen-bond donors (Lipinski definition) is 2. The predicted molar refractivity (Wildman–Crippen MR) is 84.0 cm³/mol. The Morgan fingerprint density at radius 3 is 2.46 bits per heavy atom. The molecule has 0 radical (unpaired) electrons. The van der Waals surface area contributed by atoms with Crippen LogP contribution in [0.25, 0.3) is 0 Å². The molecule has 24 heavy (non-hydrogen) atoms. The first kappa shape index (κ1) is 18.7. The molecule has 0 spiro atoms. The number of carbonyl (C=O) groups excluding carboxylic acids is 1. The number of nitrogens with one attached hydrogen (secondary N) is 2. The summed E-state index contributed by atoms with van der Waals surface area (Å²) < 4.78 is 41.7. The molecule has 0 saturated carbocycles. The fraction of sp³-hybridized carbons (Fsp3) is 0.733. The Bertz CT molecular complexity index is 578. The van der Waals surface area contributed by atoms with Gasteiger partial charge < -0.3 is 10.6 Å². The average Bonchev–Trinajstić information content (AvgIpc) is 2.81. The standard InChI is InChI=1S/C15H24F3N5O/c1-4-23-11(3)13(10(2)21-23)14(24)20-9-12(15(16,17)18)22-7-5-19-6-8-22/h12,19H,4-9H2,1-3H3,(H,20,24). The van der Waals surface area contributed by atoms with E-state index in [2.05, 4.69) is 15.7 Å². The second kappa shape index (κ2) is 7.52. The molecule has 1 aliphatic rings. The SMILES string of the molecule is CCn1nc(C)c(C(=O)NCC(N2CCNCC2)C(F)(F)F)c1C. The second-order valence-electron chi connectivity index (χ2n) is 5.91. The van der Waals surface area contributed by atoms with Crippen molar-refractivity contribution in [3.05, 3.63) is 17.0 Å². The maximum Gasteiger partial charge on any atom is 0.405 e. The highest BCUT2D eigenvalue weighted by Crippen LogP contribution is 2.25. The summed E-state index contributed by atoms with van der Waals surface area (Å²) in [5.41, 5.74) is 1.55. The van der Waals surface area contributed by atoms with Gasteiger partial charge in [0.15, 0.2) is 0 Å². The topological polar surface area (TPSA) is 62.2 Å². The smallest absolute Gasteiger partial charge is 0.350 e. The summed E-state index contributed by atoms with van der Waals surface area (Å²) in [7, 11) is 0. The molecule has 1 aromatic rings. The number of rotatable bonds is 5. The normalized spacial score (nSPS) is 17.8. The molecule has 9 heteroatoms. The Hall–Kier alpha value is -1.61. The summed E-state index contributed by atoms with van der Waals surface area (Å²) in [5, 5.41) is 9.71. The molecule has 2 N–H and O–H groups in total. The zero-order valence-electron chi connectivity index (χ0n) is 14.2. The lowest BCUT2D eigenvalue weighted by molar-refractivity contribution is -0.183. The van der Waals surface area contributed by atoms with Crippen LogP contribution >= 0.6 is 0 Å². The number of alkyl halides is 3. The van der Waals surface area contributed by atoms with E-state index in [-0.39, 0.29) is 0 Å². The van der Waals surface area contributed by atoms with Gasteiger partial charge >= 0.3 is 6.18 Å². The van der Waals surface area contributed by atoms with Crippen molar-refractivity contribution in [2.24, 2.45) is 0 Å². The van der Waals surface area contributed by atoms with Crippen LogP contribution in [0.2, 0.25) is 0 Å². The van der Waals surface area contributed by atoms with E-state index in [1.54, 1.807) is 18.5 Å². The van der Waals surface area contributed by atoms with E-state index in [4.69, 9.17) is 0 Å². The minimum absolute atomic E-state index is 0.311. The summed E-state index contributed by atoms with van der Waals surface area (Å²) in [5.74, 6) is -0.505. The van der Waals surface area contributed by atoms with E-state index in [1.807, 2.05) is 6.92 Å². The molecule has 1 saturated heterocycles. The molecular formula is C15H24F3N5O. The van der Waals surface area contributed by atoms with Crippen LogP contribution < -0.4 is 10.6 Å². The van der Waals surface area contributed by atoms with Crippen molar-refractivity contribution in [1.82, 2.24) is 25.3 Å². The molecule has 136 valence electrons. The first-order chi connectivity index (χ1) is 11.3. The Kier molecular flexibility index (Phi) is 5.87. The first-order valence-electron chi connectivity index (χ1n) is 8.09. The van der Waals surface area contributed by atoms with Gasteiger partial charge in [0, 0.05) is 45.0 Å². The third-order valence-electron chi connectivity index (χ3n) is 4.33. The highest BCUT2D eigenvalue weighted by Gasteiger charge is 2.44. The predicted octanol–water partition coefficient (Wildman–Crippen LogP) is 1.09. The zero-order valence-corrected chi connectivity index (χ0v) is 14.2. The fourth-order valence-electron chi connectivity index (χ4n) is 3.06. The van der Waals surface area contributed by atoms with E-state index < -0.39 is 24.7 Å². The molecule has 1 aromatic heterocycles. The largest absolute Gasteiger partial charge is 0.405 e. The first-order valence-corrected chi connectivity index (χ1v) is 8.09. The van der Waals surface area contributed by atoms with Gasteiger partial charge in [-0.3, -0.25) is 14.4 Å². The van der Waals surface area contributed by atoms with Crippen molar-refractivity contribution in [3.8, 4) is 0 Å². The van der Waals surface area contributed by atoms with E-state index in [9.17, 15) is 18.0 Å². The summed E-state index contributed by atoms with van der Waals surface area (Å²) in [4.78, 5) is 13.7. The highest BCUT2D eigenvalue weighted by molar-refractivity contribution is 5.96. The lowest BCUT2D eigenvalue weighted by atomic mass is 10.1. The van der Waals surface area contributed by atoms with Gasteiger partial charge in [0.2, 0.25) is 0 Å². The molecule has 1 atom stereocenters. The Morgan fingerprint density at radius 1 is 1.33 bits per heavy atom. The van der Waals surface area contributed by atoms with Gasteiger partial charge in [0.05, 0.1) is 11.3 Å². The Morgan fingerprint density at radius 2 is 1.96 bits per heavy atom. The van der Waals surface area contributed by atoms with E-state index in [1.165, 1.54) is 4.90 Å². The van der Waals surface area contributed by atoms with Gasteiger partial charge in [-0.1, -0.05) is 0 Å². The minimum Gasteiger partial charge on any atom is -0.350 e. The average molecular weight is 347 g/mol. The summed E-state index contributed by atoms with van der Waals surface area (Å²) in [6.07, 6.45) is -4.39. The van der Waals surface area contributed by atoms with Crippen LogP contribution in [0.4, 0.5) is 13.2 Å². The molecule has 2 heterocycles. The van der Waals surface area contributed by atoms with E-state index >= 15 is 0 Å². The van der Waals surface area contributed by atoms with Crippen LogP contribution in [0.15, 0.2) is 0 Å². The molecule has 1 amide bonds. The number of hydrogen-bond acceptors (Lipinski definition) is 4. The third kappa shape index (κ3) is 4.07. The van der Waals surface area contributed by atoms with Crippen LogP contribution in [0.1, 0.15) is 28.7 Å². The van der Waals surface area contributed by atoms with Gasteiger partial charge in [0.25, 0.3) is 5.91 Å². The van der Waals surface area contributed by atoms with Gasteiger partial charge in [-0.15, -0.1) is 0 Å². The molecular weight excluding hydrogens is 323 g/mol. The summed E-state index contributed by atoms with van der Waals surface area (Å²) >= 11 is 0. The lowest BCUT2D eigenvalue weighted by Crippen LogP contribution is -2.57. The van der Waals surface area contributed by atoms with Crippen LogP contribution in [-0.2, 0) is 6.54 Å².